The molecule has 0 spiro atoms. The molecule has 22 heavy (non-hydrogen) atoms. The van der Waals surface area contributed by atoms with E-state index < -0.39 is 0 Å². The maximum Gasteiger partial charge on any atom is 0.267 e. The SMILES string of the molecule is COc1ccc(OCCNc2ccccc2C(=O)NN)cc1. The van der Waals surface area contributed by atoms with Gasteiger partial charge in [0, 0.05) is 12.2 Å². The number of hydrogen-bond acceptors (Lipinski definition) is 5. The number of anilines is 1. The van der Waals surface area contributed by atoms with Crippen LogP contribution < -0.4 is 26.1 Å². The monoisotopic (exact) mass is 301 g/mol. The molecule has 0 aliphatic carbocycles. The third-order valence-electron chi connectivity index (χ3n) is 3.05. The van der Waals surface area contributed by atoms with Crippen LogP contribution in [0, 0.1) is 0 Å². The fraction of sp³-hybridized carbons (Fsp3) is 0.188. The first kappa shape index (κ1) is 15.7. The van der Waals surface area contributed by atoms with Gasteiger partial charge in [0.2, 0.25) is 0 Å². The number of hydrazine groups is 1. The Bertz CT molecular complexity index is 614. The van der Waals surface area contributed by atoms with Gasteiger partial charge in [-0.05, 0) is 36.4 Å². The summed E-state index contributed by atoms with van der Waals surface area (Å²) in [5.74, 6) is 6.38. The van der Waals surface area contributed by atoms with E-state index in [-0.39, 0.29) is 5.91 Å². The number of nitrogen functional groups attached to an aromatic ring is 1. The predicted molar refractivity (Wildman–Crippen MR) is 85.1 cm³/mol. The Balaban J connectivity index is 1.85. The van der Waals surface area contributed by atoms with Gasteiger partial charge >= 0.3 is 0 Å². The summed E-state index contributed by atoms with van der Waals surface area (Å²) in [7, 11) is 1.62. The summed E-state index contributed by atoms with van der Waals surface area (Å²) in [5.41, 5.74) is 3.33. The minimum absolute atomic E-state index is 0.334. The predicted octanol–water partition coefficient (Wildman–Crippen LogP) is 1.79. The van der Waals surface area contributed by atoms with E-state index in [1.165, 1.54) is 0 Å². The Morgan fingerprint density at radius 1 is 1.09 bits per heavy atom. The van der Waals surface area contributed by atoms with Gasteiger partial charge in [0.25, 0.3) is 5.91 Å². The Hall–Kier alpha value is -2.73. The van der Waals surface area contributed by atoms with Crippen molar-refractivity contribution in [3.63, 3.8) is 0 Å². The molecule has 2 rings (SSSR count). The summed E-state index contributed by atoms with van der Waals surface area (Å²) >= 11 is 0. The summed E-state index contributed by atoms with van der Waals surface area (Å²) in [5, 5.41) is 3.16. The highest BCUT2D eigenvalue weighted by Crippen LogP contribution is 2.17. The molecule has 116 valence electrons. The molecule has 0 atom stereocenters. The van der Waals surface area contributed by atoms with Crippen molar-refractivity contribution in [3.05, 3.63) is 54.1 Å². The smallest absolute Gasteiger partial charge is 0.267 e. The molecule has 0 fully saturated rings. The zero-order chi connectivity index (χ0) is 15.8. The van der Waals surface area contributed by atoms with Gasteiger partial charge < -0.3 is 14.8 Å². The molecular weight excluding hydrogens is 282 g/mol. The first-order valence-electron chi connectivity index (χ1n) is 6.85. The first-order chi connectivity index (χ1) is 10.7. The highest BCUT2D eigenvalue weighted by atomic mass is 16.5. The van der Waals surface area contributed by atoms with Crippen molar-refractivity contribution >= 4 is 11.6 Å². The van der Waals surface area contributed by atoms with Gasteiger partial charge in [0.15, 0.2) is 0 Å². The van der Waals surface area contributed by atoms with Crippen molar-refractivity contribution in [3.8, 4) is 11.5 Å². The summed E-state index contributed by atoms with van der Waals surface area (Å²) in [6, 6.07) is 14.5. The highest BCUT2D eigenvalue weighted by Gasteiger charge is 2.08. The second-order valence-corrected chi connectivity index (χ2v) is 4.47. The number of benzene rings is 2. The van der Waals surface area contributed by atoms with Crippen LogP contribution in [0.1, 0.15) is 10.4 Å². The maximum absolute atomic E-state index is 11.6. The van der Waals surface area contributed by atoms with Gasteiger partial charge in [-0.2, -0.15) is 0 Å². The van der Waals surface area contributed by atoms with Crippen LogP contribution in [-0.4, -0.2) is 26.2 Å². The van der Waals surface area contributed by atoms with E-state index in [2.05, 4.69) is 10.7 Å². The molecule has 0 saturated carbocycles. The van der Waals surface area contributed by atoms with E-state index in [0.717, 1.165) is 11.5 Å². The van der Waals surface area contributed by atoms with Crippen LogP contribution in [0.5, 0.6) is 11.5 Å². The van der Waals surface area contributed by atoms with Crippen molar-refractivity contribution in [1.82, 2.24) is 5.43 Å². The summed E-state index contributed by atoms with van der Waals surface area (Å²) in [4.78, 5) is 11.6. The van der Waals surface area contributed by atoms with Crippen LogP contribution in [0.4, 0.5) is 5.69 Å². The summed E-state index contributed by atoms with van der Waals surface area (Å²) < 4.78 is 10.7. The Morgan fingerprint density at radius 3 is 2.45 bits per heavy atom. The molecule has 2 aromatic carbocycles. The van der Waals surface area contributed by atoms with Crippen LogP contribution in [0.15, 0.2) is 48.5 Å². The van der Waals surface area contributed by atoms with Crippen LogP contribution >= 0.6 is 0 Å². The normalized spacial score (nSPS) is 9.91. The van der Waals surface area contributed by atoms with Crippen LogP contribution in [0.2, 0.25) is 0 Å². The molecular formula is C16H19N3O3. The van der Waals surface area contributed by atoms with Gasteiger partial charge in [-0.1, -0.05) is 12.1 Å². The lowest BCUT2D eigenvalue weighted by Crippen LogP contribution is -2.30. The molecule has 1 amide bonds. The molecule has 0 unspecified atom stereocenters. The molecule has 4 N–H and O–H groups in total. The van der Waals surface area contributed by atoms with Crippen molar-refractivity contribution in [2.75, 3.05) is 25.6 Å². The number of carbonyl (C=O) groups excluding carboxylic acids is 1. The first-order valence-corrected chi connectivity index (χ1v) is 6.85. The highest BCUT2D eigenvalue weighted by molar-refractivity contribution is 5.99. The minimum atomic E-state index is -0.334. The van der Waals surface area contributed by atoms with Crippen LogP contribution in [0.25, 0.3) is 0 Å². The van der Waals surface area contributed by atoms with E-state index >= 15 is 0 Å². The third kappa shape index (κ3) is 4.13. The number of hydrogen-bond donors (Lipinski definition) is 3. The average molecular weight is 301 g/mol. The number of nitrogens with one attached hydrogen (secondary N) is 2. The third-order valence-corrected chi connectivity index (χ3v) is 3.05. The van der Waals surface area contributed by atoms with E-state index in [0.29, 0.717) is 24.4 Å². The fourth-order valence-corrected chi connectivity index (χ4v) is 1.94. The van der Waals surface area contributed by atoms with Gasteiger partial charge in [-0.25, -0.2) is 5.84 Å². The fourth-order valence-electron chi connectivity index (χ4n) is 1.94. The largest absolute Gasteiger partial charge is 0.497 e. The Kier molecular flexibility index (Phi) is 5.62. The molecule has 0 aliphatic rings. The molecule has 6 heteroatoms. The number of methoxy groups -OCH3 is 1. The van der Waals surface area contributed by atoms with E-state index in [1.807, 2.05) is 36.4 Å². The number of para-hydroxylation sites is 1. The Labute approximate surface area is 129 Å². The summed E-state index contributed by atoms with van der Waals surface area (Å²) in [6.07, 6.45) is 0. The standard InChI is InChI=1S/C16H19N3O3/c1-21-12-6-8-13(9-7-12)22-11-10-18-15-5-3-2-4-14(15)16(20)19-17/h2-9,18H,10-11,17H2,1H3,(H,19,20). The molecule has 6 nitrogen and oxygen atoms in total. The van der Waals surface area contributed by atoms with Crippen LogP contribution in [0.3, 0.4) is 0 Å². The number of ether oxygens (including phenoxy) is 2. The molecule has 0 bridgehead atoms. The van der Waals surface area contributed by atoms with Crippen molar-refractivity contribution < 1.29 is 14.3 Å². The molecule has 2 aromatic rings. The molecule has 0 aromatic heterocycles. The zero-order valence-corrected chi connectivity index (χ0v) is 12.3. The minimum Gasteiger partial charge on any atom is -0.497 e. The zero-order valence-electron chi connectivity index (χ0n) is 12.3. The van der Waals surface area contributed by atoms with E-state index in [1.54, 1.807) is 19.2 Å². The Morgan fingerprint density at radius 2 is 1.77 bits per heavy atom. The topological polar surface area (TPSA) is 85.6 Å². The maximum atomic E-state index is 11.6. The number of carbonyl (C=O) groups is 1. The van der Waals surface area contributed by atoms with Crippen LogP contribution in [-0.2, 0) is 0 Å². The van der Waals surface area contributed by atoms with Gasteiger partial charge in [-0.3, -0.25) is 10.2 Å². The van der Waals surface area contributed by atoms with Crippen molar-refractivity contribution in [2.24, 2.45) is 5.84 Å². The van der Waals surface area contributed by atoms with Gasteiger partial charge in [0.1, 0.15) is 18.1 Å². The second kappa shape index (κ2) is 7.90. The molecule has 0 radical (unpaired) electrons. The lowest BCUT2D eigenvalue weighted by Gasteiger charge is -2.12. The quantitative estimate of drug-likeness (QED) is 0.314. The van der Waals surface area contributed by atoms with E-state index in [4.69, 9.17) is 15.3 Å². The summed E-state index contributed by atoms with van der Waals surface area (Å²) in [6.45, 7) is 1.02. The number of amides is 1. The molecule has 0 aliphatic heterocycles. The van der Waals surface area contributed by atoms with Crippen molar-refractivity contribution in [1.29, 1.82) is 0 Å². The lowest BCUT2D eigenvalue weighted by molar-refractivity contribution is 0.0954. The lowest BCUT2D eigenvalue weighted by atomic mass is 10.1. The second-order valence-electron chi connectivity index (χ2n) is 4.47. The average Bonchev–Trinajstić information content (AvgIpc) is 2.59. The molecule has 0 heterocycles. The van der Waals surface area contributed by atoms with Gasteiger partial charge in [0.05, 0.1) is 12.7 Å². The van der Waals surface area contributed by atoms with Crippen molar-refractivity contribution in [2.45, 2.75) is 0 Å². The van der Waals surface area contributed by atoms with Gasteiger partial charge in [-0.15, -0.1) is 0 Å². The number of rotatable bonds is 7. The number of nitrogens with two attached hydrogens (primary N) is 1. The van der Waals surface area contributed by atoms with E-state index in [9.17, 15) is 4.79 Å². The molecule has 0 saturated heterocycles.